The van der Waals surface area contributed by atoms with Gasteiger partial charge in [-0.15, -0.1) is 0 Å². The first-order valence-corrected chi connectivity index (χ1v) is 10.5. The quantitative estimate of drug-likeness (QED) is 0.784. The molecule has 3 atom stereocenters. The summed E-state index contributed by atoms with van der Waals surface area (Å²) in [7, 11) is 0. The molecule has 2 aliphatic rings. The number of hydrogen-bond acceptors (Lipinski definition) is 3. The van der Waals surface area contributed by atoms with Gasteiger partial charge in [-0.3, -0.25) is 9.59 Å². The molecule has 3 unspecified atom stereocenters. The second-order valence-electron chi connectivity index (χ2n) is 8.07. The zero-order valence-electron chi connectivity index (χ0n) is 16.3. The van der Waals surface area contributed by atoms with Gasteiger partial charge in [0.25, 0.3) is 5.91 Å². The van der Waals surface area contributed by atoms with Crippen molar-refractivity contribution < 1.29 is 9.59 Å². The molecule has 28 heavy (non-hydrogen) atoms. The van der Waals surface area contributed by atoms with Crippen LogP contribution >= 0.6 is 0 Å². The van der Waals surface area contributed by atoms with Gasteiger partial charge in [-0.1, -0.05) is 43.2 Å². The molecule has 148 valence electrons. The molecule has 0 aromatic heterocycles. The molecule has 3 N–H and O–H groups in total. The Hall–Kier alpha value is -2.40. The number of benzene rings is 2. The summed E-state index contributed by atoms with van der Waals surface area (Å²) >= 11 is 0. The van der Waals surface area contributed by atoms with Gasteiger partial charge in [0.15, 0.2) is 0 Å². The molecule has 0 spiro atoms. The van der Waals surface area contributed by atoms with E-state index in [0.29, 0.717) is 24.6 Å². The van der Waals surface area contributed by atoms with Crippen molar-refractivity contribution in [1.82, 2.24) is 10.2 Å². The van der Waals surface area contributed by atoms with Crippen LogP contribution < -0.4 is 11.1 Å². The van der Waals surface area contributed by atoms with E-state index in [-0.39, 0.29) is 23.9 Å². The van der Waals surface area contributed by atoms with Crippen molar-refractivity contribution in [2.75, 3.05) is 13.1 Å². The van der Waals surface area contributed by atoms with Crippen molar-refractivity contribution in [1.29, 1.82) is 0 Å². The molecule has 1 saturated heterocycles. The number of likely N-dealkylation sites (tertiary alicyclic amines) is 1. The van der Waals surface area contributed by atoms with Gasteiger partial charge < -0.3 is 16.0 Å². The SMILES string of the molecule is NCCCNC(=O)C1CC2CCCCC2N1C(=O)c1ccc2ccccc2c1. The highest BCUT2D eigenvalue weighted by molar-refractivity contribution is 6.01. The predicted octanol–water partition coefficient (Wildman–Crippen LogP) is 3.08. The van der Waals surface area contributed by atoms with Crippen LogP contribution in [0.15, 0.2) is 42.5 Å². The monoisotopic (exact) mass is 379 g/mol. The van der Waals surface area contributed by atoms with E-state index in [0.717, 1.165) is 42.9 Å². The average Bonchev–Trinajstić information content (AvgIpc) is 3.12. The molecule has 1 saturated carbocycles. The minimum absolute atomic E-state index is 0.0147. The van der Waals surface area contributed by atoms with Crippen LogP contribution in [0.2, 0.25) is 0 Å². The summed E-state index contributed by atoms with van der Waals surface area (Å²) in [6.07, 6.45) is 5.96. The van der Waals surface area contributed by atoms with E-state index in [1.807, 2.05) is 47.4 Å². The Morgan fingerprint density at radius 3 is 2.68 bits per heavy atom. The van der Waals surface area contributed by atoms with Gasteiger partial charge in [0.2, 0.25) is 5.91 Å². The number of carbonyl (C=O) groups is 2. The second-order valence-corrected chi connectivity index (χ2v) is 8.07. The first-order valence-electron chi connectivity index (χ1n) is 10.5. The maximum absolute atomic E-state index is 13.5. The lowest BCUT2D eigenvalue weighted by Crippen LogP contribution is -2.49. The summed E-state index contributed by atoms with van der Waals surface area (Å²) in [6, 6.07) is 13.7. The molecule has 0 radical (unpaired) electrons. The van der Waals surface area contributed by atoms with E-state index in [1.165, 1.54) is 6.42 Å². The van der Waals surface area contributed by atoms with Crippen LogP contribution in [0.1, 0.15) is 48.9 Å². The lowest BCUT2D eigenvalue weighted by molar-refractivity contribution is -0.125. The van der Waals surface area contributed by atoms with Gasteiger partial charge >= 0.3 is 0 Å². The third-order valence-electron chi connectivity index (χ3n) is 6.30. The molecule has 2 fully saturated rings. The van der Waals surface area contributed by atoms with E-state index in [2.05, 4.69) is 5.32 Å². The van der Waals surface area contributed by atoms with Gasteiger partial charge in [-0.2, -0.15) is 0 Å². The Kier molecular flexibility index (Phi) is 5.62. The highest BCUT2D eigenvalue weighted by atomic mass is 16.2. The Morgan fingerprint density at radius 1 is 1.07 bits per heavy atom. The highest BCUT2D eigenvalue weighted by Crippen LogP contribution is 2.40. The number of nitrogens with two attached hydrogens (primary N) is 1. The zero-order chi connectivity index (χ0) is 19.5. The van der Waals surface area contributed by atoms with Crippen molar-refractivity contribution in [2.24, 2.45) is 11.7 Å². The second kappa shape index (κ2) is 8.31. The first kappa shape index (κ1) is 18.9. The molecule has 5 heteroatoms. The molecular weight excluding hydrogens is 350 g/mol. The molecular formula is C23H29N3O2. The Balaban J connectivity index is 1.61. The van der Waals surface area contributed by atoms with E-state index in [1.54, 1.807) is 0 Å². The fourth-order valence-electron chi connectivity index (χ4n) is 4.89. The Labute approximate surface area is 166 Å². The van der Waals surface area contributed by atoms with E-state index in [4.69, 9.17) is 5.73 Å². The number of amides is 2. The molecule has 0 bridgehead atoms. The van der Waals surface area contributed by atoms with Crippen molar-refractivity contribution in [2.45, 2.75) is 50.6 Å². The first-order chi connectivity index (χ1) is 13.7. The van der Waals surface area contributed by atoms with E-state index in [9.17, 15) is 9.59 Å². The van der Waals surface area contributed by atoms with Crippen LogP contribution in [0.5, 0.6) is 0 Å². The summed E-state index contributed by atoms with van der Waals surface area (Å²) in [5, 5.41) is 5.16. The van der Waals surface area contributed by atoms with Crippen LogP contribution in [0, 0.1) is 5.92 Å². The van der Waals surface area contributed by atoms with Gasteiger partial charge in [-0.25, -0.2) is 0 Å². The molecule has 2 aromatic rings. The third-order valence-corrected chi connectivity index (χ3v) is 6.30. The minimum atomic E-state index is -0.371. The molecule has 2 aromatic carbocycles. The van der Waals surface area contributed by atoms with Gasteiger partial charge in [0.1, 0.15) is 6.04 Å². The van der Waals surface area contributed by atoms with E-state index < -0.39 is 0 Å². The van der Waals surface area contributed by atoms with Crippen molar-refractivity contribution in [3.05, 3.63) is 48.0 Å². The summed E-state index contributed by atoms with van der Waals surface area (Å²) in [6.45, 7) is 1.12. The van der Waals surface area contributed by atoms with Crippen molar-refractivity contribution >= 4 is 22.6 Å². The number of fused-ring (bicyclic) bond motifs is 2. The lowest BCUT2D eigenvalue weighted by atomic mass is 9.84. The fourth-order valence-corrected chi connectivity index (χ4v) is 4.89. The zero-order valence-corrected chi connectivity index (χ0v) is 16.3. The summed E-state index contributed by atoms with van der Waals surface area (Å²) in [5.74, 6) is 0.388. The number of nitrogens with zero attached hydrogens (tertiary/aromatic N) is 1. The lowest BCUT2D eigenvalue weighted by Gasteiger charge is -2.33. The van der Waals surface area contributed by atoms with Crippen LogP contribution in [0.3, 0.4) is 0 Å². The standard InChI is InChI=1S/C23H29N3O2/c24-12-5-13-25-22(27)21-15-18-8-3-4-9-20(18)26(21)23(28)19-11-10-16-6-1-2-7-17(16)14-19/h1-2,6-7,10-11,14,18,20-21H,3-5,8-9,12-13,15,24H2,(H,25,27). The summed E-state index contributed by atoms with van der Waals surface area (Å²) in [4.78, 5) is 28.3. The number of carbonyl (C=O) groups excluding carboxylic acids is 2. The van der Waals surface area contributed by atoms with Crippen LogP contribution in [0.4, 0.5) is 0 Å². The molecule has 2 amide bonds. The summed E-state index contributed by atoms with van der Waals surface area (Å²) in [5.41, 5.74) is 6.22. The van der Waals surface area contributed by atoms with E-state index >= 15 is 0 Å². The summed E-state index contributed by atoms with van der Waals surface area (Å²) < 4.78 is 0. The van der Waals surface area contributed by atoms with Gasteiger partial charge in [0.05, 0.1) is 0 Å². The number of nitrogens with one attached hydrogen (secondary N) is 1. The highest BCUT2D eigenvalue weighted by Gasteiger charge is 2.47. The van der Waals surface area contributed by atoms with Crippen LogP contribution in [0.25, 0.3) is 10.8 Å². The third kappa shape index (κ3) is 3.63. The predicted molar refractivity (Wildman–Crippen MR) is 111 cm³/mol. The average molecular weight is 380 g/mol. The topological polar surface area (TPSA) is 75.4 Å². The molecule has 1 heterocycles. The van der Waals surface area contributed by atoms with Crippen molar-refractivity contribution in [3.8, 4) is 0 Å². The smallest absolute Gasteiger partial charge is 0.254 e. The largest absolute Gasteiger partial charge is 0.354 e. The van der Waals surface area contributed by atoms with Crippen LogP contribution in [-0.4, -0.2) is 41.9 Å². The molecule has 1 aliphatic carbocycles. The molecule has 5 nitrogen and oxygen atoms in total. The Bertz CT molecular complexity index is 866. The molecule has 1 aliphatic heterocycles. The van der Waals surface area contributed by atoms with Gasteiger partial charge in [-0.05, 0) is 61.1 Å². The normalized spacial score (nSPS) is 24.2. The maximum Gasteiger partial charge on any atom is 0.254 e. The van der Waals surface area contributed by atoms with Gasteiger partial charge in [0, 0.05) is 18.2 Å². The molecule has 4 rings (SSSR count). The fraction of sp³-hybridized carbons (Fsp3) is 0.478. The Morgan fingerprint density at radius 2 is 1.86 bits per heavy atom. The number of hydrogen-bond donors (Lipinski definition) is 2. The number of rotatable bonds is 5. The maximum atomic E-state index is 13.5. The minimum Gasteiger partial charge on any atom is -0.354 e. The van der Waals surface area contributed by atoms with Crippen LogP contribution in [-0.2, 0) is 4.79 Å². The van der Waals surface area contributed by atoms with Crippen molar-refractivity contribution in [3.63, 3.8) is 0 Å².